The van der Waals surface area contributed by atoms with Gasteiger partial charge in [0.25, 0.3) is 0 Å². The maximum Gasteiger partial charge on any atom is 0.146 e. The van der Waals surface area contributed by atoms with Crippen LogP contribution in [-0.2, 0) is 0 Å². The van der Waals surface area contributed by atoms with E-state index in [4.69, 9.17) is 0 Å². The van der Waals surface area contributed by atoms with Crippen LogP contribution >= 0.6 is 31.9 Å². The molecule has 0 spiro atoms. The van der Waals surface area contributed by atoms with E-state index < -0.39 is 16.1 Å². The maximum absolute atomic E-state index is 4.03. The van der Waals surface area contributed by atoms with Gasteiger partial charge in [0.15, 0.2) is 0 Å². The molecule has 0 heterocycles. The van der Waals surface area contributed by atoms with Crippen LogP contribution < -0.4 is 9.80 Å². The first-order valence-electron chi connectivity index (χ1n) is 25.7. The lowest BCUT2D eigenvalue weighted by Gasteiger charge is -2.38. The van der Waals surface area contributed by atoms with Gasteiger partial charge in [-0.1, -0.05) is 172 Å². The quantitative estimate of drug-likeness (QED) is 0.0822. The lowest BCUT2D eigenvalue weighted by molar-refractivity contribution is 0.678. The largest absolute Gasteiger partial charge is 0.372 e. The average Bonchev–Trinajstić information content (AvgIpc) is 3.26. The van der Waals surface area contributed by atoms with Crippen molar-refractivity contribution < 1.29 is 0 Å². The van der Waals surface area contributed by atoms with Crippen molar-refractivity contribution >= 4 is 59.4 Å². The summed E-state index contributed by atoms with van der Waals surface area (Å²) in [5.74, 6) is 22.2. The minimum Gasteiger partial charge on any atom is -0.372 e. The van der Waals surface area contributed by atoms with Crippen LogP contribution in [-0.4, -0.2) is 42.3 Å². The standard InChI is InChI=1S/C60H86Br2N2Si2/c1-17-21-35-63(36-22-18-2)57-31-29-51(55(41-57)33-39-65(45(5)6,46(7)8)47(9)10)25-27-53-43-59(61)60(62)44-54(53)28-26-52-30-32-58(64(37-23-19-3)38-24-20-4)42-56(52)34-40-66(48(11)12,49(13)14)50(15)16/h29-32,41-50H,17-24,35-38H2,1-16H3. The fourth-order valence-corrected chi connectivity index (χ4v) is 21.4. The summed E-state index contributed by atoms with van der Waals surface area (Å²) >= 11 is 7.62. The number of hydrogen-bond acceptors (Lipinski definition) is 2. The minimum atomic E-state index is -2.00. The van der Waals surface area contributed by atoms with Crippen LogP contribution in [0.25, 0.3) is 0 Å². The van der Waals surface area contributed by atoms with Gasteiger partial charge in [-0.25, -0.2) is 0 Å². The van der Waals surface area contributed by atoms with E-state index in [9.17, 15) is 0 Å². The zero-order valence-electron chi connectivity index (χ0n) is 44.2. The summed E-state index contributed by atoms with van der Waals surface area (Å²) < 4.78 is 1.90. The Bertz CT molecular complexity index is 2050. The van der Waals surface area contributed by atoms with Crippen LogP contribution in [0.3, 0.4) is 0 Å². The molecule has 0 aliphatic rings. The van der Waals surface area contributed by atoms with Gasteiger partial charge in [-0.05, 0) is 139 Å². The molecule has 0 aliphatic heterocycles. The lowest BCUT2D eigenvalue weighted by Crippen LogP contribution is -2.43. The van der Waals surface area contributed by atoms with E-state index in [1.54, 1.807) is 0 Å². The molecule has 0 aliphatic carbocycles. The predicted octanol–water partition coefficient (Wildman–Crippen LogP) is 18.0. The summed E-state index contributed by atoms with van der Waals surface area (Å²) in [6, 6.07) is 17.8. The van der Waals surface area contributed by atoms with Crippen molar-refractivity contribution in [3.63, 3.8) is 0 Å². The van der Waals surface area contributed by atoms with Crippen LogP contribution in [0.5, 0.6) is 0 Å². The fraction of sp³-hybridized carbons (Fsp3) is 0.567. The fourth-order valence-electron chi connectivity index (χ4n) is 10.3. The lowest BCUT2D eigenvalue weighted by atomic mass is 10.0. The molecule has 0 aromatic heterocycles. The Hall–Kier alpha value is -3.11. The molecule has 0 unspecified atom stereocenters. The van der Waals surface area contributed by atoms with E-state index in [2.05, 4.69) is 248 Å². The Kier molecular flexibility index (Phi) is 24.1. The van der Waals surface area contributed by atoms with E-state index in [0.717, 1.165) is 68.5 Å². The molecule has 3 aromatic carbocycles. The normalized spacial score (nSPS) is 11.6. The Balaban J connectivity index is 2.36. The second-order valence-corrected chi connectivity index (χ2v) is 33.3. The first-order valence-corrected chi connectivity index (χ1v) is 31.8. The molecule has 0 atom stereocenters. The molecule has 358 valence electrons. The number of benzene rings is 3. The highest BCUT2D eigenvalue weighted by Gasteiger charge is 2.42. The van der Waals surface area contributed by atoms with Crippen LogP contribution in [0, 0.1) is 46.6 Å². The molecule has 0 amide bonds. The summed E-state index contributed by atoms with van der Waals surface area (Å²) in [5, 5.41) is 0. The molecule has 0 radical (unpaired) electrons. The van der Waals surface area contributed by atoms with E-state index in [-0.39, 0.29) is 0 Å². The zero-order valence-corrected chi connectivity index (χ0v) is 49.4. The number of anilines is 2. The Labute approximate surface area is 425 Å². The number of unbranched alkanes of at least 4 members (excludes halogenated alkanes) is 4. The maximum atomic E-state index is 4.03. The number of hydrogen-bond donors (Lipinski definition) is 0. The van der Waals surface area contributed by atoms with Gasteiger partial charge in [0.05, 0.1) is 0 Å². The van der Waals surface area contributed by atoms with Crippen molar-refractivity contribution in [3.8, 4) is 46.6 Å². The highest BCUT2D eigenvalue weighted by Crippen LogP contribution is 2.42. The third-order valence-electron chi connectivity index (χ3n) is 14.1. The van der Waals surface area contributed by atoms with Crippen molar-refractivity contribution in [1.82, 2.24) is 0 Å². The van der Waals surface area contributed by atoms with E-state index in [1.807, 2.05) is 0 Å². The Morgan fingerprint density at radius 2 is 0.636 bits per heavy atom. The van der Waals surface area contributed by atoms with E-state index in [1.165, 1.54) is 62.7 Å². The van der Waals surface area contributed by atoms with Gasteiger partial charge in [-0.2, -0.15) is 0 Å². The van der Waals surface area contributed by atoms with Gasteiger partial charge in [-0.3, -0.25) is 0 Å². The highest BCUT2D eigenvalue weighted by molar-refractivity contribution is 9.13. The molecule has 3 aromatic rings. The van der Waals surface area contributed by atoms with Crippen molar-refractivity contribution in [2.24, 2.45) is 0 Å². The molecule has 0 N–H and O–H groups in total. The minimum absolute atomic E-state index is 0.545. The summed E-state index contributed by atoms with van der Waals surface area (Å²) in [7, 11) is -3.99. The van der Waals surface area contributed by atoms with Crippen molar-refractivity contribution in [2.45, 2.75) is 195 Å². The second kappa shape index (κ2) is 27.8. The topological polar surface area (TPSA) is 6.48 Å². The molecule has 0 saturated carbocycles. The van der Waals surface area contributed by atoms with Crippen LogP contribution in [0.2, 0.25) is 33.2 Å². The van der Waals surface area contributed by atoms with Crippen LogP contribution in [0.1, 0.15) is 196 Å². The first-order chi connectivity index (χ1) is 31.3. The predicted molar refractivity (Wildman–Crippen MR) is 307 cm³/mol. The van der Waals surface area contributed by atoms with E-state index in [0.29, 0.717) is 33.2 Å². The molecule has 3 rings (SSSR count). The van der Waals surface area contributed by atoms with Gasteiger partial charge in [-0.15, -0.1) is 11.1 Å². The summed E-state index contributed by atoms with van der Waals surface area (Å²) in [5.41, 5.74) is 19.6. The van der Waals surface area contributed by atoms with Crippen LogP contribution in [0.15, 0.2) is 57.5 Å². The monoisotopic (exact) mass is 1050 g/mol. The molecular formula is C60H86Br2N2Si2. The van der Waals surface area contributed by atoms with Gasteiger partial charge in [0.1, 0.15) is 16.1 Å². The third kappa shape index (κ3) is 14.9. The molecule has 66 heavy (non-hydrogen) atoms. The van der Waals surface area contributed by atoms with Gasteiger partial charge < -0.3 is 9.80 Å². The van der Waals surface area contributed by atoms with E-state index >= 15 is 0 Å². The third-order valence-corrected chi connectivity index (χ3v) is 28.6. The average molecular weight is 1050 g/mol. The summed E-state index contributed by atoms with van der Waals surface area (Å²) in [6.07, 6.45) is 9.37. The molecule has 0 bridgehead atoms. The molecule has 0 fully saturated rings. The zero-order chi connectivity index (χ0) is 49.2. The van der Waals surface area contributed by atoms with Crippen molar-refractivity contribution in [1.29, 1.82) is 0 Å². The van der Waals surface area contributed by atoms with Gasteiger partial charge in [0.2, 0.25) is 0 Å². The second-order valence-electron chi connectivity index (χ2n) is 20.5. The van der Waals surface area contributed by atoms with Crippen molar-refractivity contribution in [3.05, 3.63) is 90.9 Å². The molecule has 0 saturated heterocycles. The Morgan fingerprint density at radius 1 is 0.379 bits per heavy atom. The molecule has 2 nitrogen and oxygen atoms in total. The summed E-state index contributed by atoms with van der Waals surface area (Å²) in [6.45, 7) is 42.0. The van der Waals surface area contributed by atoms with Gasteiger partial charge in [0, 0.05) is 79.9 Å². The Morgan fingerprint density at radius 3 is 0.894 bits per heavy atom. The number of rotatable bonds is 20. The number of halogens is 2. The summed E-state index contributed by atoms with van der Waals surface area (Å²) in [4.78, 5) is 5.12. The van der Waals surface area contributed by atoms with Crippen LogP contribution in [0.4, 0.5) is 11.4 Å². The highest BCUT2D eigenvalue weighted by atomic mass is 79.9. The SMILES string of the molecule is CCCCN(CCCC)c1ccc(C#Cc2cc(Br)c(Br)cc2C#Cc2ccc(N(CCCC)CCCC)cc2C#C[Si](C(C)C)(C(C)C)C(C)C)c(C#C[Si](C(C)C)(C(C)C)C(C)C)c1. The van der Waals surface area contributed by atoms with Crippen molar-refractivity contribution in [2.75, 3.05) is 36.0 Å². The number of nitrogens with zero attached hydrogens (tertiary/aromatic N) is 2. The molecular weight excluding hydrogens is 965 g/mol. The molecule has 6 heteroatoms. The smallest absolute Gasteiger partial charge is 0.146 e. The van der Waals surface area contributed by atoms with Gasteiger partial charge >= 0.3 is 0 Å². The first kappa shape index (κ1) is 57.2.